The number of ether oxygens (including phenoxy) is 1. The van der Waals surface area contributed by atoms with E-state index in [4.69, 9.17) is 0 Å². The van der Waals surface area contributed by atoms with E-state index in [0.29, 0.717) is 12.1 Å². The molecule has 1 aromatic heterocycles. The molecule has 1 saturated carbocycles. The number of hydrogen-bond acceptors (Lipinski definition) is 4. The fourth-order valence-corrected chi connectivity index (χ4v) is 2.80. The average Bonchev–Trinajstić information content (AvgIpc) is 3.42. The lowest BCUT2D eigenvalue weighted by Gasteiger charge is -2.14. The summed E-state index contributed by atoms with van der Waals surface area (Å²) >= 11 is 0. The SMILES string of the molecule is C[C@@H](NC(=O)C1CC1c1cc(F)ccc1F)c1cnc(OCC(F)(F)F)cn1. The maximum Gasteiger partial charge on any atom is 0.422 e. The highest BCUT2D eigenvalue weighted by molar-refractivity contribution is 5.83. The Labute approximate surface area is 156 Å². The third-order valence-corrected chi connectivity index (χ3v) is 4.32. The Morgan fingerprint density at radius 3 is 2.68 bits per heavy atom. The molecule has 3 atom stereocenters. The Hall–Kier alpha value is -2.78. The summed E-state index contributed by atoms with van der Waals surface area (Å²) in [5.41, 5.74) is 0.487. The van der Waals surface area contributed by atoms with E-state index in [0.717, 1.165) is 24.4 Å². The van der Waals surface area contributed by atoms with E-state index < -0.39 is 42.3 Å². The Morgan fingerprint density at radius 1 is 1.29 bits per heavy atom. The summed E-state index contributed by atoms with van der Waals surface area (Å²) in [7, 11) is 0. The van der Waals surface area contributed by atoms with Gasteiger partial charge in [0.25, 0.3) is 0 Å². The molecule has 1 N–H and O–H groups in total. The molecule has 1 aliphatic rings. The van der Waals surface area contributed by atoms with Crippen molar-refractivity contribution in [3.63, 3.8) is 0 Å². The minimum atomic E-state index is -4.48. The smallest absolute Gasteiger partial charge is 0.422 e. The molecular formula is C18H16F5N3O2. The van der Waals surface area contributed by atoms with Crippen LogP contribution in [0.2, 0.25) is 0 Å². The molecule has 150 valence electrons. The molecule has 1 amide bonds. The van der Waals surface area contributed by atoms with Crippen LogP contribution < -0.4 is 10.1 Å². The molecular weight excluding hydrogens is 385 g/mol. The average molecular weight is 401 g/mol. The van der Waals surface area contributed by atoms with Crippen LogP contribution in [0.25, 0.3) is 0 Å². The predicted molar refractivity (Wildman–Crippen MR) is 87.3 cm³/mol. The summed E-state index contributed by atoms with van der Waals surface area (Å²) in [6.45, 7) is 0.144. The Bertz CT molecular complexity index is 857. The van der Waals surface area contributed by atoms with Gasteiger partial charge in [0.1, 0.15) is 11.6 Å². The van der Waals surface area contributed by atoms with Crippen LogP contribution in [-0.4, -0.2) is 28.7 Å². The van der Waals surface area contributed by atoms with Crippen molar-refractivity contribution in [3.8, 4) is 5.88 Å². The predicted octanol–water partition coefficient (Wildman–Crippen LogP) is 3.68. The van der Waals surface area contributed by atoms with E-state index in [2.05, 4.69) is 20.0 Å². The lowest BCUT2D eigenvalue weighted by atomic mass is 10.1. The van der Waals surface area contributed by atoms with E-state index in [9.17, 15) is 26.7 Å². The summed E-state index contributed by atoms with van der Waals surface area (Å²) in [5, 5.41) is 2.69. The lowest BCUT2D eigenvalue weighted by molar-refractivity contribution is -0.154. The minimum Gasteiger partial charge on any atom is -0.467 e. The quantitative estimate of drug-likeness (QED) is 0.751. The van der Waals surface area contributed by atoms with Gasteiger partial charge in [0.15, 0.2) is 6.61 Å². The molecule has 0 radical (unpaired) electrons. The zero-order valence-electron chi connectivity index (χ0n) is 14.6. The van der Waals surface area contributed by atoms with E-state index in [1.165, 1.54) is 6.20 Å². The van der Waals surface area contributed by atoms with Gasteiger partial charge in [-0.1, -0.05) is 0 Å². The van der Waals surface area contributed by atoms with Crippen molar-refractivity contribution in [3.05, 3.63) is 53.5 Å². The van der Waals surface area contributed by atoms with Gasteiger partial charge in [-0.2, -0.15) is 13.2 Å². The molecule has 1 aliphatic carbocycles. The monoisotopic (exact) mass is 401 g/mol. The molecule has 1 aromatic carbocycles. The number of hydrogen-bond donors (Lipinski definition) is 1. The maximum absolute atomic E-state index is 13.8. The van der Waals surface area contributed by atoms with Crippen LogP contribution in [0.3, 0.4) is 0 Å². The summed E-state index contributed by atoms with van der Waals surface area (Å²) in [6, 6.07) is 2.55. The lowest BCUT2D eigenvalue weighted by Crippen LogP contribution is -2.29. The van der Waals surface area contributed by atoms with Crippen molar-refractivity contribution in [2.24, 2.45) is 5.92 Å². The Balaban J connectivity index is 1.55. The molecule has 2 unspecified atom stereocenters. The van der Waals surface area contributed by atoms with Crippen molar-refractivity contribution >= 4 is 5.91 Å². The highest BCUT2D eigenvalue weighted by Gasteiger charge is 2.45. The summed E-state index contributed by atoms with van der Waals surface area (Å²) in [5.74, 6) is -2.65. The van der Waals surface area contributed by atoms with Crippen molar-refractivity contribution in [2.45, 2.75) is 31.5 Å². The summed E-state index contributed by atoms with van der Waals surface area (Å²) < 4.78 is 67.9. The largest absolute Gasteiger partial charge is 0.467 e. The van der Waals surface area contributed by atoms with Crippen molar-refractivity contribution in [1.82, 2.24) is 15.3 Å². The second-order valence-electron chi connectivity index (χ2n) is 6.53. The molecule has 10 heteroatoms. The molecule has 3 rings (SSSR count). The van der Waals surface area contributed by atoms with Gasteiger partial charge in [0.05, 0.1) is 24.1 Å². The van der Waals surface area contributed by atoms with E-state index in [1.54, 1.807) is 6.92 Å². The second-order valence-corrected chi connectivity index (χ2v) is 6.53. The standard InChI is InChI=1S/C18H16F5N3O2/c1-9(15-6-25-16(7-24-15)28-8-18(21,22)23)26-17(27)13-5-11(13)12-4-10(19)2-3-14(12)20/h2-4,6-7,9,11,13H,5,8H2,1H3,(H,26,27)/t9-,11?,13?/m1/s1. The van der Waals surface area contributed by atoms with Gasteiger partial charge >= 0.3 is 6.18 Å². The number of halogens is 5. The highest BCUT2D eigenvalue weighted by atomic mass is 19.4. The molecule has 0 bridgehead atoms. The maximum atomic E-state index is 13.8. The molecule has 5 nitrogen and oxygen atoms in total. The Morgan fingerprint density at radius 2 is 2.04 bits per heavy atom. The highest BCUT2D eigenvalue weighted by Crippen LogP contribution is 2.48. The van der Waals surface area contributed by atoms with E-state index in [-0.39, 0.29) is 17.4 Å². The second kappa shape index (κ2) is 7.69. The van der Waals surface area contributed by atoms with Gasteiger partial charge in [-0.05, 0) is 43.0 Å². The van der Waals surface area contributed by atoms with Gasteiger partial charge in [0, 0.05) is 5.92 Å². The van der Waals surface area contributed by atoms with Crippen LogP contribution in [0.5, 0.6) is 5.88 Å². The molecule has 2 aromatic rings. The normalized spacial score (nSPS) is 19.8. The van der Waals surface area contributed by atoms with Gasteiger partial charge in [-0.25, -0.2) is 13.8 Å². The van der Waals surface area contributed by atoms with E-state index in [1.807, 2.05) is 0 Å². The first kappa shape index (κ1) is 20.0. The number of carbonyl (C=O) groups excluding carboxylic acids is 1. The molecule has 0 aliphatic heterocycles. The minimum absolute atomic E-state index is 0.166. The third-order valence-electron chi connectivity index (χ3n) is 4.32. The number of amides is 1. The number of benzene rings is 1. The van der Waals surface area contributed by atoms with Crippen molar-refractivity contribution in [1.29, 1.82) is 0 Å². The zero-order valence-corrected chi connectivity index (χ0v) is 14.6. The first-order valence-electron chi connectivity index (χ1n) is 8.41. The van der Waals surface area contributed by atoms with Crippen LogP contribution in [-0.2, 0) is 4.79 Å². The summed E-state index contributed by atoms with van der Waals surface area (Å²) in [6.07, 6.45) is -1.85. The molecule has 0 spiro atoms. The first-order valence-corrected chi connectivity index (χ1v) is 8.41. The first-order chi connectivity index (χ1) is 13.1. The van der Waals surface area contributed by atoms with E-state index >= 15 is 0 Å². The summed E-state index contributed by atoms with van der Waals surface area (Å²) in [4.78, 5) is 20.0. The number of aromatic nitrogens is 2. The van der Waals surface area contributed by atoms with Crippen molar-refractivity contribution in [2.75, 3.05) is 6.61 Å². The van der Waals surface area contributed by atoms with Gasteiger partial charge < -0.3 is 10.1 Å². The van der Waals surface area contributed by atoms with Crippen molar-refractivity contribution < 1.29 is 31.5 Å². The number of rotatable bonds is 6. The fourth-order valence-electron chi connectivity index (χ4n) is 2.80. The van der Waals surface area contributed by atoms with Crippen LogP contribution in [0.15, 0.2) is 30.6 Å². The van der Waals surface area contributed by atoms with Crippen LogP contribution >= 0.6 is 0 Å². The number of alkyl halides is 3. The van der Waals surface area contributed by atoms with Crippen LogP contribution in [0, 0.1) is 17.6 Å². The van der Waals surface area contributed by atoms with Gasteiger partial charge in [-0.3, -0.25) is 9.78 Å². The molecule has 1 fully saturated rings. The number of carbonyl (C=O) groups is 1. The molecule has 1 heterocycles. The van der Waals surface area contributed by atoms with Crippen LogP contribution in [0.4, 0.5) is 22.0 Å². The fraction of sp³-hybridized carbons (Fsp3) is 0.389. The number of nitrogens with one attached hydrogen (secondary N) is 1. The molecule has 28 heavy (non-hydrogen) atoms. The molecule has 0 saturated heterocycles. The van der Waals surface area contributed by atoms with Gasteiger partial charge in [-0.15, -0.1) is 0 Å². The topological polar surface area (TPSA) is 64.1 Å². The van der Waals surface area contributed by atoms with Gasteiger partial charge in [0.2, 0.25) is 11.8 Å². The third kappa shape index (κ3) is 4.93. The van der Waals surface area contributed by atoms with Crippen LogP contribution in [0.1, 0.15) is 36.6 Å². The number of nitrogens with zero attached hydrogens (tertiary/aromatic N) is 2. The Kier molecular flexibility index (Phi) is 5.48. The zero-order chi connectivity index (χ0) is 20.5.